The molecule has 1 saturated heterocycles. The van der Waals surface area contributed by atoms with Crippen molar-refractivity contribution in [3.8, 4) is 0 Å². The van der Waals surface area contributed by atoms with Crippen molar-refractivity contribution in [3.63, 3.8) is 0 Å². The zero-order valence-corrected chi connectivity index (χ0v) is 11.3. The van der Waals surface area contributed by atoms with Crippen LogP contribution >= 0.6 is 0 Å². The smallest absolute Gasteiger partial charge is 0.199 e. The van der Waals surface area contributed by atoms with E-state index in [2.05, 4.69) is 45.0 Å². The largest absolute Gasteiger partial charge is 0.367 e. The molecular weight excluding hydrogens is 242 g/mol. The van der Waals surface area contributed by atoms with Crippen LogP contribution in [0.2, 0.25) is 0 Å². The van der Waals surface area contributed by atoms with Gasteiger partial charge in [-0.1, -0.05) is 13.8 Å². The number of hydrogen-bond acceptors (Lipinski definition) is 6. The number of aromatic nitrogens is 5. The maximum absolute atomic E-state index is 4.14. The van der Waals surface area contributed by atoms with E-state index in [1.165, 1.54) is 12.8 Å². The standard InChI is InChI=1S/C12H19N7/c1-12(2)4-3-5-14-9(12)6-15-10-7-13-8-11-16-17-18-19(10)11/h7-9,14-15H,3-6H2,1-2H3. The Kier molecular flexibility index (Phi) is 3.06. The van der Waals surface area contributed by atoms with Crippen molar-refractivity contribution in [3.05, 3.63) is 12.4 Å². The molecule has 3 heterocycles. The first-order valence-corrected chi connectivity index (χ1v) is 6.66. The van der Waals surface area contributed by atoms with Crippen LogP contribution < -0.4 is 10.6 Å². The monoisotopic (exact) mass is 261 g/mol. The predicted molar refractivity (Wildman–Crippen MR) is 71.9 cm³/mol. The van der Waals surface area contributed by atoms with Crippen LogP contribution in [0.5, 0.6) is 0 Å². The summed E-state index contributed by atoms with van der Waals surface area (Å²) in [5.74, 6) is 0.825. The summed E-state index contributed by atoms with van der Waals surface area (Å²) < 4.78 is 1.67. The molecule has 0 aromatic carbocycles. The van der Waals surface area contributed by atoms with E-state index in [9.17, 15) is 0 Å². The zero-order chi connectivity index (χ0) is 13.3. The van der Waals surface area contributed by atoms with Crippen LogP contribution in [0.25, 0.3) is 5.65 Å². The van der Waals surface area contributed by atoms with E-state index in [0.717, 1.165) is 18.9 Å². The van der Waals surface area contributed by atoms with Crippen molar-refractivity contribution >= 4 is 11.5 Å². The Hall–Kier alpha value is -1.76. The van der Waals surface area contributed by atoms with Gasteiger partial charge in [0.1, 0.15) is 5.82 Å². The van der Waals surface area contributed by atoms with Gasteiger partial charge in [-0.3, -0.25) is 4.98 Å². The molecule has 7 heteroatoms. The predicted octanol–water partition coefficient (Wildman–Crippen LogP) is 0.709. The molecule has 1 unspecified atom stereocenters. The average molecular weight is 261 g/mol. The lowest BCUT2D eigenvalue weighted by atomic mass is 9.77. The summed E-state index contributed by atoms with van der Waals surface area (Å²) in [5, 5.41) is 18.5. The molecule has 0 aliphatic carbocycles. The fraction of sp³-hybridized carbons (Fsp3) is 0.667. The summed E-state index contributed by atoms with van der Waals surface area (Å²) in [6, 6.07) is 0.438. The van der Waals surface area contributed by atoms with E-state index in [1.807, 2.05) is 0 Å². The van der Waals surface area contributed by atoms with Crippen LogP contribution in [-0.4, -0.2) is 44.2 Å². The Bertz CT molecular complexity index is 562. The maximum atomic E-state index is 4.14. The number of tetrazole rings is 1. The number of nitrogens with zero attached hydrogens (tertiary/aromatic N) is 5. The van der Waals surface area contributed by atoms with E-state index in [-0.39, 0.29) is 0 Å². The number of hydrogen-bond donors (Lipinski definition) is 2. The molecule has 1 aliphatic rings. The molecule has 0 spiro atoms. The van der Waals surface area contributed by atoms with E-state index < -0.39 is 0 Å². The quantitative estimate of drug-likeness (QED) is 0.847. The Morgan fingerprint density at radius 2 is 2.37 bits per heavy atom. The van der Waals surface area contributed by atoms with Crippen molar-refractivity contribution in [2.75, 3.05) is 18.4 Å². The molecule has 3 rings (SSSR count). The van der Waals surface area contributed by atoms with Gasteiger partial charge in [0.25, 0.3) is 0 Å². The Morgan fingerprint density at radius 1 is 1.47 bits per heavy atom. The zero-order valence-electron chi connectivity index (χ0n) is 11.3. The van der Waals surface area contributed by atoms with Crippen molar-refractivity contribution in [2.45, 2.75) is 32.7 Å². The lowest BCUT2D eigenvalue weighted by Gasteiger charge is -2.39. The average Bonchev–Trinajstić information content (AvgIpc) is 2.86. The van der Waals surface area contributed by atoms with E-state index in [4.69, 9.17) is 0 Å². The van der Waals surface area contributed by atoms with Gasteiger partial charge in [-0.2, -0.15) is 4.52 Å². The fourth-order valence-electron chi connectivity index (χ4n) is 2.62. The Labute approximate surface area is 111 Å². The molecule has 0 amide bonds. The minimum Gasteiger partial charge on any atom is -0.367 e. The summed E-state index contributed by atoms with van der Waals surface area (Å²) >= 11 is 0. The molecule has 102 valence electrons. The second-order valence-corrected chi connectivity index (χ2v) is 5.72. The lowest BCUT2D eigenvalue weighted by molar-refractivity contribution is 0.188. The first-order chi connectivity index (χ1) is 9.17. The Morgan fingerprint density at radius 3 is 3.21 bits per heavy atom. The molecule has 0 radical (unpaired) electrons. The van der Waals surface area contributed by atoms with E-state index in [1.54, 1.807) is 16.9 Å². The van der Waals surface area contributed by atoms with Crippen LogP contribution in [-0.2, 0) is 0 Å². The molecule has 1 fully saturated rings. The highest BCUT2D eigenvalue weighted by atomic mass is 15.5. The van der Waals surface area contributed by atoms with Gasteiger partial charge >= 0.3 is 0 Å². The van der Waals surface area contributed by atoms with Gasteiger partial charge in [-0.15, -0.1) is 5.10 Å². The number of fused-ring (bicyclic) bond motifs is 1. The molecule has 2 aromatic rings. The third-order valence-corrected chi connectivity index (χ3v) is 3.93. The highest BCUT2D eigenvalue weighted by Crippen LogP contribution is 2.30. The molecule has 2 N–H and O–H groups in total. The van der Waals surface area contributed by atoms with Gasteiger partial charge in [0, 0.05) is 12.6 Å². The summed E-state index contributed by atoms with van der Waals surface area (Å²) in [4.78, 5) is 4.14. The Balaban J connectivity index is 1.73. The lowest BCUT2D eigenvalue weighted by Crippen LogP contribution is -2.50. The minimum absolute atomic E-state index is 0.299. The van der Waals surface area contributed by atoms with Gasteiger partial charge in [-0.25, -0.2) is 0 Å². The van der Waals surface area contributed by atoms with Crippen LogP contribution in [0.3, 0.4) is 0 Å². The van der Waals surface area contributed by atoms with Gasteiger partial charge < -0.3 is 10.6 Å². The van der Waals surface area contributed by atoms with Crippen LogP contribution in [0, 0.1) is 5.41 Å². The molecule has 1 aliphatic heterocycles. The van der Waals surface area contributed by atoms with Gasteiger partial charge in [0.2, 0.25) is 0 Å². The first kappa shape index (κ1) is 12.3. The second-order valence-electron chi connectivity index (χ2n) is 5.72. The van der Waals surface area contributed by atoms with Gasteiger partial charge in [-0.05, 0) is 35.2 Å². The van der Waals surface area contributed by atoms with Crippen molar-refractivity contribution in [1.29, 1.82) is 0 Å². The molecule has 0 saturated carbocycles. The van der Waals surface area contributed by atoms with Crippen molar-refractivity contribution < 1.29 is 0 Å². The molecule has 2 aromatic heterocycles. The SMILES string of the molecule is CC1(C)CCCNC1CNc1cncc2nnnn12. The topological polar surface area (TPSA) is 80.0 Å². The van der Waals surface area contributed by atoms with E-state index >= 15 is 0 Å². The van der Waals surface area contributed by atoms with Gasteiger partial charge in [0.15, 0.2) is 5.65 Å². The third kappa shape index (κ3) is 2.37. The highest BCUT2D eigenvalue weighted by Gasteiger charge is 2.31. The molecule has 19 heavy (non-hydrogen) atoms. The molecule has 7 nitrogen and oxygen atoms in total. The normalized spacial score (nSPS) is 22.5. The number of nitrogens with one attached hydrogen (secondary N) is 2. The highest BCUT2D eigenvalue weighted by molar-refractivity contribution is 5.43. The summed E-state index contributed by atoms with van der Waals surface area (Å²) in [5.41, 5.74) is 0.952. The van der Waals surface area contributed by atoms with E-state index in [0.29, 0.717) is 17.1 Å². The minimum atomic E-state index is 0.299. The summed E-state index contributed by atoms with van der Waals surface area (Å²) in [6.45, 7) is 6.54. The number of rotatable bonds is 3. The second kappa shape index (κ2) is 4.73. The van der Waals surface area contributed by atoms with Crippen LogP contribution in [0.1, 0.15) is 26.7 Å². The first-order valence-electron chi connectivity index (χ1n) is 6.66. The third-order valence-electron chi connectivity index (χ3n) is 3.93. The fourth-order valence-corrected chi connectivity index (χ4v) is 2.62. The molecule has 0 bridgehead atoms. The van der Waals surface area contributed by atoms with Gasteiger partial charge in [0.05, 0.1) is 12.4 Å². The van der Waals surface area contributed by atoms with Crippen molar-refractivity contribution in [2.24, 2.45) is 5.41 Å². The van der Waals surface area contributed by atoms with Crippen LogP contribution in [0.4, 0.5) is 5.82 Å². The molecule has 1 atom stereocenters. The maximum Gasteiger partial charge on any atom is 0.199 e. The summed E-state index contributed by atoms with van der Waals surface area (Å²) in [6.07, 6.45) is 5.89. The summed E-state index contributed by atoms with van der Waals surface area (Å²) in [7, 11) is 0. The van der Waals surface area contributed by atoms with Crippen molar-refractivity contribution in [1.82, 2.24) is 30.3 Å². The number of anilines is 1. The van der Waals surface area contributed by atoms with Crippen LogP contribution in [0.15, 0.2) is 12.4 Å². The number of piperidine rings is 1. The molecular formula is C12H19N7.